The van der Waals surface area contributed by atoms with E-state index in [2.05, 4.69) is 28.2 Å². The van der Waals surface area contributed by atoms with Gasteiger partial charge >= 0.3 is 0 Å². The van der Waals surface area contributed by atoms with Crippen molar-refractivity contribution in [2.75, 3.05) is 11.9 Å². The fourth-order valence-electron chi connectivity index (χ4n) is 2.71. The highest BCUT2D eigenvalue weighted by Crippen LogP contribution is 2.31. The Balaban J connectivity index is 2.04. The van der Waals surface area contributed by atoms with Gasteiger partial charge in [-0.25, -0.2) is 4.39 Å². The van der Waals surface area contributed by atoms with Crippen molar-refractivity contribution in [1.29, 1.82) is 5.26 Å². The normalized spacial score (nSPS) is 22.8. The molecule has 0 aromatic heterocycles. The van der Waals surface area contributed by atoms with Gasteiger partial charge in [0.05, 0.1) is 15.7 Å². The van der Waals surface area contributed by atoms with Crippen molar-refractivity contribution in [3.8, 4) is 6.07 Å². The first kappa shape index (κ1) is 14.3. The monoisotopic (exact) mass is 324 g/mol. The first-order chi connectivity index (χ1) is 9.13. The average molecular weight is 325 g/mol. The molecule has 19 heavy (non-hydrogen) atoms. The van der Waals surface area contributed by atoms with Crippen LogP contribution in [-0.4, -0.2) is 6.54 Å². The van der Waals surface area contributed by atoms with E-state index in [4.69, 9.17) is 5.26 Å². The molecule has 0 radical (unpaired) electrons. The molecule has 1 N–H and O–H groups in total. The Bertz CT molecular complexity index is 496. The van der Waals surface area contributed by atoms with Gasteiger partial charge in [-0.2, -0.15) is 5.26 Å². The zero-order valence-corrected chi connectivity index (χ0v) is 12.6. The van der Waals surface area contributed by atoms with Crippen LogP contribution in [0.2, 0.25) is 0 Å². The van der Waals surface area contributed by atoms with Crippen molar-refractivity contribution in [2.45, 2.75) is 32.6 Å². The van der Waals surface area contributed by atoms with Crippen molar-refractivity contribution in [2.24, 2.45) is 11.8 Å². The maximum atomic E-state index is 14.0. The molecule has 1 saturated carbocycles. The van der Waals surface area contributed by atoms with Gasteiger partial charge in [0.25, 0.3) is 0 Å². The highest BCUT2D eigenvalue weighted by atomic mass is 79.9. The molecule has 2 nitrogen and oxygen atoms in total. The number of benzene rings is 1. The molecule has 1 fully saturated rings. The third-order valence-corrected chi connectivity index (χ3v) is 4.82. The standard InChI is InChI=1S/C15H18BrFN2/c1-10-4-2-3-5-12(10)9-19-13-7-6-11(8-18)14(16)15(13)17/h6-7,10,12,19H,2-5,9H2,1H3. The minimum absolute atomic E-state index is 0.247. The first-order valence-electron chi connectivity index (χ1n) is 6.75. The van der Waals surface area contributed by atoms with Crippen LogP contribution in [0.4, 0.5) is 10.1 Å². The lowest BCUT2D eigenvalue weighted by atomic mass is 9.80. The molecular weight excluding hydrogens is 307 g/mol. The molecule has 0 spiro atoms. The molecule has 1 aliphatic carbocycles. The van der Waals surface area contributed by atoms with Crippen LogP contribution in [-0.2, 0) is 0 Å². The van der Waals surface area contributed by atoms with Crippen LogP contribution in [0, 0.1) is 29.0 Å². The molecule has 0 bridgehead atoms. The largest absolute Gasteiger partial charge is 0.382 e. The number of nitrogens with zero attached hydrogens (tertiary/aromatic N) is 1. The summed E-state index contributed by atoms with van der Waals surface area (Å²) in [6.07, 6.45) is 5.07. The fourth-order valence-corrected chi connectivity index (χ4v) is 3.14. The molecule has 0 amide bonds. The van der Waals surface area contributed by atoms with E-state index in [1.807, 2.05) is 6.07 Å². The molecule has 4 heteroatoms. The van der Waals surface area contributed by atoms with Gasteiger partial charge in [-0.3, -0.25) is 0 Å². The second-order valence-corrected chi connectivity index (χ2v) is 6.10. The molecule has 0 aliphatic heterocycles. The second kappa shape index (κ2) is 6.38. The van der Waals surface area contributed by atoms with Gasteiger partial charge in [-0.15, -0.1) is 0 Å². The second-order valence-electron chi connectivity index (χ2n) is 5.30. The fraction of sp³-hybridized carbons (Fsp3) is 0.533. The highest BCUT2D eigenvalue weighted by Gasteiger charge is 2.21. The van der Waals surface area contributed by atoms with Gasteiger partial charge in [-0.05, 0) is 46.3 Å². The molecule has 1 aliphatic rings. The van der Waals surface area contributed by atoms with Crippen LogP contribution < -0.4 is 5.32 Å². The van der Waals surface area contributed by atoms with Gasteiger partial charge in [0.1, 0.15) is 6.07 Å². The van der Waals surface area contributed by atoms with Gasteiger partial charge in [0.15, 0.2) is 5.82 Å². The van der Waals surface area contributed by atoms with Gasteiger partial charge in [0.2, 0.25) is 0 Å². The van der Waals surface area contributed by atoms with Crippen molar-refractivity contribution in [1.82, 2.24) is 0 Å². The van der Waals surface area contributed by atoms with E-state index < -0.39 is 0 Å². The average Bonchev–Trinajstić information content (AvgIpc) is 2.42. The lowest BCUT2D eigenvalue weighted by Crippen LogP contribution is -2.24. The first-order valence-corrected chi connectivity index (χ1v) is 7.54. The Labute approximate surface area is 122 Å². The predicted molar refractivity (Wildman–Crippen MR) is 78.4 cm³/mol. The molecular formula is C15H18BrFN2. The molecule has 2 unspecified atom stereocenters. The van der Waals surface area contributed by atoms with E-state index in [-0.39, 0.29) is 10.3 Å². The Morgan fingerprint density at radius 3 is 2.84 bits per heavy atom. The molecule has 0 saturated heterocycles. The number of anilines is 1. The summed E-state index contributed by atoms with van der Waals surface area (Å²) in [5, 5.41) is 12.0. The third-order valence-electron chi connectivity index (χ3n) is 4.05. The smallest absolute Gasteiger partial charge is 0.161 e. The number of nitrogens with one attached hydrogen (secondary N) is 1. The van der Waals surface area contributed by atoms with Crippen LogP contribution in [0.15, 0.2) is 16.6 Å². The summed E-state index contributed by atoms with van der Waals surface area (Å²) in [5.41, 5.74) is 0.803. The Hall–Kier alpha value is -1.08. The zero-order valence-electron chi connectivity index (χ0n) is 11.0. The summed E-state index contributed by atoms with van der Waals surface area (Å²) in [6, 6.07) is 5.24. The Morgan fingerprint density at radius 2 is 2.16 bits per heavy atom. The van der Waals surface area contributed by atoms with E-state index >= 15 is 0 Å². The van der Waals surface area contributed by atoms with Gasteiger partial charge in [-0.1, -0.05) is 26.2 Å². The molecule has 2 rings (SSSR count). The SMILES string of the molecule is CC1CCCCC1CNc1ccc(C#N)c(Br)c1F. The van der Waals surface area contributed by atoms with E-state index in [1.54, 1.807) is 12.1 Å². The lowest BCUT2D eigenvalue weighted by molar-refractivity contribution is 0.268. The molecule has 1 aromatic carbocycles. The topological polar surface area (TPSA) is 35.8 Å². The van der Waals surface area contributed by atoms with E-state index in [0.29, 0.717) is 23.1 Å². The molecule has 102 valence electrons. The Kier molecular flexibility index (Phi) is 4.81. The Morgan fingerprint density at radius 1 is 1.42 bits per heavy atom. The van der Waals surface area contributed by atoms with Crippen molar-refractivity contribution in [3.05, 3.63) is 28.0 Å². The summed E-state index contributed by atoms with van der Waals surface area (Å²) in [7, 11) is 0. The number of halogens is 2. The minimum atomic E-state index is -0.373. The summed E-state index contributed by atoms with van der Waals surface area (Å²) < 4.78 is 14.3. The van der Waals surface area contributed by atoms with Crippen molar-refractivity contribution >= 4 is 21.6 Å². The summed E-state index contributed by atoms with van der Waals surface area (Å²) >= 11 is 3.13. The van der Waals surface area contributed by atoms with Crippen LogP contribution in [0.25, 0.3) is 0 Å². The number of hydrogen-bond donors (Lipinski definition) is 1. The van der Waals surface area contributed by atoms with Crippen molar-refractivity contribution in [3.63, 3.8) is 0 Å². The quantitative estimate of drug-likeness (QED) is 0.874. The number of hydrogen-bond acceptors (Lipinski definition) is 2. The maximum absolute atomic E-state index is 14.0. The van der Waals surface area contributed by atoms with Crippen molar-refractivity contribution < 1.29 is 4.39 Å². The summed E-state index contributed by atoms with van der Waals surface area (Å²) in [4.78, 5) is 0. The zero-order chi connectivity index (χ0) is 13.8. The minimum Gasteiger partial charge on any atom is -0.382 e. The van der Waals surface area contributed by atoms with Crippen LogP contribution in [0.3, 0.4) is 0 Å². The van der Waals surface area contributed by atoms with E-state index in [0.717, 1.165) is 6.54 Å². The van der Waals surface area contributed by atoms with E-state index in [1.165, 1.54) is 25.7 Å². The van der Waals surface area contributed by atoms with Crippen LogP contribution >= 0.6 is 15.9 Å². The number of nitriles is 1. The predicted octanol–water partition coefficient (Wildman–Crippen LogP) is 4.70. The lowest BCUT2D eigenvalue weighted by Gasteiger charge is -2.29. The third kappa shape index (κ3) is 3.27. The van der Waals surface area contributed by atoms with Gasteiger partial charge in [0, 0.05) is 6.54 Å². The summed E-state index contributed by atoms with van der Waals surface area (Å²) in [5.74, 6) is 0.941. The number of rotatable bonds is 3. The maximum Gasteiger partial charge on any atom is 0.161 e. The molecule has 2 atom stereocenters. The van der Waals surface area contributed by atoms with Crippen LogP contribution in [0.1, 0.15) is 38.2 Å². The molecule has 1 aromatic rings. The summed E-state index contributed by atoms with van der Waals surface area (Å²) in [6.45, 7) is 3.08. The highest BCUT2D eigenvalue weighted by molar-refractivity contribution is 9.10. The van der Waals surface area contributed by atoms with E-state index in [9.17, 15) is 4.39 Å². The molecule has 0 heterocycles. The van der Waals surface area contributed by atoms with Gasteiger partial charge < -0.3 is 5.32 Å². The van der Waals surface area contributed by atoms with Crippen LogP contribution in [0.5, 0.6) is 0 Å².